The Morgan fingerprint density at radius 2 is 2.00 bits per heavy atom. The van der Waals surface area contributed by atoms with Crippen molar-refractivity contribution in [2.24, 2.45) is 5.84 Å². The maximum Gasteiger partial charge on any atom is 0.142 e. The van der Waals surface area contributed by atoms with Crippen molar-refractivity contribution in [3.05, 3.63) is 59.9 Å². The molecule has 4 heteroatoms. The first-order chi connectivity index (χ1) is 9.85. The van der Waals surface area contributed by atoms with Gasteiger partial charge in [-0.2, -0.15) is 0 Å². The molecule has 1 heterocycles. The predicted molar refractivity (Wildman–Crippen MR) is 80.2 cm³/mol. The quantitative estimate of drug-likeness (QED) is 0.600. The number of ether oxygens (including phenoxy) is 1. The number of hydrazine groups is 1. The Labute approximate surface area is 120 Å². The standard InChI is InChI=1S/C16H21N3O/c1-20-15-11-6-12-18-16(15)14(19-17)10-5-9-13-7-3-2-4-8-13/h2-4,6-8,11-12,14,19H,5,9-10,17H2,1H3. The van der Waals surface area contributed by atoms with Crippen LogP contribution in [0.1, 0.15) is 30.1 Å². The number of aryl methyl sites for hydroxylation is 1. The van der Waals surface area contributed by atoms with E-state index in [2.05, 4.69) is 34.7 Å². The van der Waals surface area contributed by atoms with E-state index < -0.39 is 0 Å². The highest BCUT2D eigenvalue weighted by Crippen LogP contribution is 2.25. The van der Waals surface area contributed by atoms with Crippen LogP contribution in [0.4, 0.5) is 0 Å². The van der Waals surface area contributed by atoms with Gasteiger partial charge >= 0.3 is 0 Å². The highest BCUT2D eigenvalue weighted by molar-refractivity contribution is 5.29. The number of nitrogens with one attached hydrogen (secondary N) is 1. The van der Waals surface area contributed by atoms with E-state index in [-0.39, 0.29) is 6.04 Å². The summed E-state index contributed by atoms with van der Waals surface area (Å²) in [5.74, 6) is 6.44. The van der Waals surface area contributed by atoms with Crippen molar-refractivity contribution in [3.8, 4) is 5.75 Å². The average molecular weight is 271 g/mol. The summed E-state index contributed by atoms with van der Waals surface area (Å²) >= 11 is 0. The van der Waals surface area contributed by atoms with Crippen LogP contribution in [-0.2, 0) is 6.42 Å². The molecule has 1 unspecified atom stereocenters. The van der Waals surface area contributed by atoms with E-state index in [4.69, 9.17) is 10.6 Å². The monoisotopic (exact) mass is 271 g/mol. The number of methoxy groups -OCH3 is 1. The molecule has 0 aliphatic carbocycles. The van der Waals surface area contributed by atoms with Crippen molar-refractivity contribution in [1.29, 1.82) is 0 Å². The number of hydrogen-bond donors (Lipinski definition) is 2. The average Bonchev–Trinajstić information content (AvgIpc) is 2.53. The van der Waals surface area contributed by atoms with Gasteiger partial charge in [0.05, 0.1) is 13.2 Å². The fraction of sp³-hybridized carbons (Fsp3) is 0.312. The molecule has 20 heavy (non-hydrogen) atoms. The molecular formula is C16H21N3O. The second-order valence-electron chi connectivity index (χ2n) is 4.69. The fourth-order valence-corrected chi connectivity index (χ4v) is 2.29. The molecule has 0 saturated heterocycles. The normalized spacial score (nSPS) is 12.1. The van der Waals surface area contributed by atoms with Crippen molar-refractivity contribution in [1.82, 2.24) is 10.4 Å². The zero-order valence-electron chi connectivity index (χ0n) is 11.8. The summed E-state index contributed by atoms with van der Waals surface area (Å²) in [6.45, 7) is 0. The van der Waals surface area contributed by atoms with Gasteiger partial charge in [-0.1, -0.05) is 30.3 Å². The first-order valence-electron chi connectivity index (χ1n) is 6.84. The summed E-state index contributed by atoms with van der Waals surface area (Å²) < 4.78 is 5.33. The number of rotatable bonds is 7. The van der Waals surface area contributed by atoms with Gasteiger partial charge in [-0.25, -0.2) is 0 Å². The van der Waals surface area contributed by atoms with Crippen LogP contribution >= 0.6 is 0 Å². The summed E-state index contributed by atoms with van der Waals surface area (Å²) in [4.78, 5) is 4.38. The molecule has 1 aromatic heterocycles. The van der Waals surface area contributed by atoms with Crippen LogP contribution in [0.2, 0.25) is 0 Å². The molecule has 3 N–H and O–H groups in total. The van der Waals surface area contributed by atoms with Gasteiger partial charge in [-0.3, -0.25) is 16.3 Å². The Hall–Kier alpha value is -1.91. The Kier molecular flexibility index (Phi) is 5.53. The second kappa shape index (κ2) is 7.62. The lowest BCUT2D eigenvalue weighted by atomic mass is 10.0. The van der Waals surface area contributed by atoms with Gasteiger partial charge in [0.25, 0.3) is 0 Å². The summed E-state index contributed by atoms with van der Waals surface area (Å²) in [6, 6.07) is 14.2. The lowest BCUT2D eigenvalue weighted by Crippen LogP contribution is -2.29. The Bertz CT molecular complexity index is 516. The summed E-state index contributed by atoms with van der Waals surface area (Å²) in [7, 11) is 1.65. The van der Waals surface area contributed by atoms with Crippen LogP contribution in [0.25, 0.3) is 0 Å². The zero-order chi connectivity index (χ0) is 14.2. The first-order valence-corrected chi connectivity index (χ1v) is 6.84. The van der Waals surface area contributed by atoms with Crippen LogP contribution in [0, 0.1) is 0 Å². The van der Waals surface area contributed by atoms with Gasteiger partial charge < -0.3 is 4.74 Å². The number of pyridine rings is 1. The minimum atomic E-state index is 0.00913. The fourth-order valence-electron chi connectivity index (χ4n) is 2.29. The molecule has 0 radical (unpaired) electrons. The molecule has 0 saturated carbocycles. The van der Waals surface area contributed by atoms with Crippen molar-refractivity contribution in [2.45, 2.75) is 25.3 Å². The highest BCUT2D eigenvalue weighted by Gasteiger charge is 2.15. The second-order valence-corrected chi connectivity index (χ2v) is 4.69. The molecule has 106 valence electrons. The third-order valence-electron chi connectivity index (χ3n) is 3.35. The number of aromatic nitrogens is 1. The highest BCUT2D eigenvalue weighted by atomic mass is 16.5. The van der Waals surface area contributed by atoms with Gasteiger partial charge in [0.2, 0.25) is 0 Å². The molecule has 0 fully saturated rings. The molecule has 1 atom stereocenters. The van der Waals surface area contributed by atoms with Gasteiger partial charge in [-0.15, -0.1) is 0 Å². The van der Waals surface area contributed by atoms with Crippen LogP contribution in [0.3, 0.4) is 0 Å². The van der Waals surface area contributed by atoms with E-state index in [9.17, 15) is 0 Å². The van der Waals surface area contributed by atoms with Crippen LogP contribution in [-0.4, -0.2) is 12.1 Å². The Morgan fingerprint density at radius 1 is 1.20 bits per heavy atom. The maximum atomic E-state index is 5.66. The number of hydrogen-bond acceptors (Lipinski definition) is 4. The predicted octanol–water partition coefficient (Wildman–Crippen LogP) is 2.62. The van der Waals surface area contributed by atoms with Gasteiger partial charge in [0, 0.05) is 6.20 Å². The van der Waals surface area contributed by atoms with Crippen molar-refractivity contribution >= 4 is 0 Å². The van der Waals surface area contributed by atoms with Crippen molar-refractivity contribution < 1.29 is 4.74 Å². The largest absolute Gasteiger partial charge is 0.495 e. The molecule has 1 aromatic carbocycles. The zero-order valence-corrected chi connectivity index (χ0v) is 11.8. The number of benzene rings is 1. The van der Waals surface area contributed by atoms with Crippen molar-refractivity contribution in [2.75, 3.05) is 7.11 Å². The van der Waals surface area contributed by atoms with E-state index in [0.29, 0.717) is 0 Å². The maximum absolute atomic E-state index is 5.66. The molecule has 0 bridgehead atoms. The minimum Gasteiger partial charge on any atom is -0.495 e. The van der Waals surface area contributed by atoms with Gasteiger partial charge in [-0.05, 0) is 37.0 Å². The van der Waals surface area contributed by atoms with E-state index in [1.54, 1.807) is 13.3 Å². The topological polar surface area (TPSA) is 60.2 Å². The Morgan fingerprint density at radius 3 is 2.70 bits per heavy atom. The summed E-state index contributed by atoms with van der Waals surface area (Å²) in [6.07, 6.45) is 4.75. The minimum absolute atomic E-state index is 0.00913. The van der Waals surface area contributed by atoms with E-state index >= 15 is 0 Å². The van der Waals surface area contributed by atoms with E-state index in [0.717, 1.165) is 30.7 Å². The lowest BCUT2D eigenvalue weighted by Gasteiger charge is -2.17. The van der Waals surface area contributed by atoms with Crippen LogP contribution in [0.5, 0.6) is 5.75 Å². The molecule has 0 amide bonds. The van der Waals surface area contributed by atoms with E-state index in [1.807, 2.05) is 18.2 Å². The molecule has 2 aromatic rings. The van der Waals surface area contributed by atoms with Crippen molar-refractivity contribution in [3.63, 3.8) is 0 Å². The smallest absolute Gasteiger partial charge is 0.142 e. The van der Waals surface area contributed by atoms with Gasteiger partial charge in [0.1, 0.15) is 11.4 Å². The van der Waals surface area contributed by atoms with Crippen LogP contribution < -0.4 is 16.0 Å². The van der Waals surface area contributed by atoms with Gasteiger partial charge in [0.15, 0.2) is 0 Å². The number of nitrogens with zero attached hydrogens (tertiary/aromatic N) is 1. The number of nitrogens with two attached hydrogens (primary N) is 1. The molecule has 0 aliphatic rings. The lowest BCUT2D eigenvalue weighted by molar-refractivity contribution is 0.388. The molecule has 2 rings (SSSR count). The van der Waals surface area contributed by atoms with Crippen LogP contribution in [0.15, 0.2) is 48.7 Å². The SMILES string of the molecule is COc1cccnc1C(CCCc1ccccc1)NN. The third kappa shape index (κ3) is 3.79. The summed E-state index contributed by atoms with van der Waals surface area (Å²) in [5, 5.41) is 0. The molecule has 0 aliphatic heterocycles. The summed E-state index contributed by atoms with van der Waals surface area (Å²) in [5.41, 5.74) is 5.05. The first kappa shape index (κ1) is 14.5. The Balaban J connectivity index is 1.95. The molecule has 4 nitrogen and oxygen atoms in total. The van der Waals surface area contributed by atoms with E-state index in [1.165, 1.54) is 5.56 Å². The third-order valence-corrected chi connectivity index (χ3v) is 3.35. The molecule has 0 spiro atoms. The molecular weight excluding hydrogens is 250 g/mol.